The van der Waals surface area contributed by atoms with Gasteiger partial charge in [0.15, 0.2) is 0 Å². The monoisotopic (exact) mass is 328 g/mol. The highest BCUT2D eigenvalue weighted by molar-refractivity contribution is 6.08. The highest BCUT2D eigenvalue weighted by atomic mass is 16.5. The Bertz CT molecular complexity index is 838. The Morgan fingerprint density at radius 3 is 2.62 bits per heavy atom. The van der Waals surface area contributed by atoms with Crippen molar-refractivity contribution in [2.24, 2.45) is 0 Å². The van der Waals surface area contributed by atoms with Crippen LogP contribution in [-0.4, -0.2) is 23.0 Å². The molecular formula is C16H16N4O4. The summed E-state index contributed by atoms with van der Waals surface area (Å²) in [5.41, 5.74) is 0.741. The maximum atomic E-state index is 12.4. The number of hydrogen-bond donors (Lipinski definition) is 3. The Kier molecular flexibility index (Phi) is 3.59. The van der Waals surface area contributed by atoms with Gasteiger partial charge in [0.2, 0.25) is 0 Å². The molecule has 3 N–H and O–H groups in total. The maximum Gasteiger partial charge on any atom is 0.322 e. The predicted molar refractivity (Wildman–Crippen MR) is 84.4 cm³/mol. The summed E-state index contributed by atoms with van der Waals surface area (Å²) in [4.78, 5) is 35.8. The van der Waals surface area contributed by atoms with E-state index in [9.17, 15) is 14.4 Å². The van der Waals surface area contributed by atoms with Gasteiger partial charge in [-0.2, -0.15) is 0 Å². The molecular weight excluding hydrogens is 312 g/mol. The molecule has 3 rings (SSSR count). The molecule has 2 aromatic rings. The number of aryl methyl sites for hydroxylation is 2. The van der Waals surface area contributed by atoms with E-state index in [1.165, 1.54) is 0 Å². The summed E-state index contributed by atoms with van der Waals surface area (Å²) in [5.74, 6) is -0.370. The normalized spacial score (nSPS) is 19.8. The third-order valence-corrected chi connectivity index (χ3v) is 4.00. The first-order valence-electron chi connectivity index (χ1n) is 7.29. The number of anilines is 1. The molecule has 4 amide bonds. The van der Waals surface area contributed by atoms with E-state index in [1.54, 1.807) is 45.0 Å². The van der Waals surface area contributed by atoms with Crippen LogP contribution < -0.4 is 16.0 Å². The number of nitrogens with zero attached hydrogens (tertiary/aromatic N) is 1. The minimum atomic E-state index is -1.18. The number of hydrogen-bond acceptors (Lipinski definition) is 5. The number of carbonyl (C=O) groups excluding carboxylic acids is 3. The molecule has 24 heavy (non-hydrogen) atoms. The molecule has 1 aliphatic rings. The van der Waals surface area contributed by atoms with E-state index in [2.05, 4.69) is 21.1 Å². The second-order valence-corrected chi connectivity index (χ2v) is 5.77. The Hall–Kier alpha value is -3.16. The number of rotatable bonds is 3. The van der Waals surface area contributed by atoms with Crippen molar-refractivity contribution in [2.75, 3.05) is 5.32 Å². The number of amides is 4. The third kappa shape index (κ3) is 2.51. The van der Waals surface area contributed by atoms with Gasteiger partial charge in [0, 0.05) is 5.69 Å². The van der Waals surface area contributed by atoms with Gasteiger partial charge in [-0.1, -0.05) is 17.3 Å². The number of imide groups is 1. The van der Waals surface area contributed by atoms with Crippen LogP contribution in [0.1, 0.15) is 34.3 Å². The van der Waals surface area contributed by atoms with E-state index in [-0.39, 0.29) is 5.91 Å². The quantitative estimate of drug-likeness (QED) is 0.741. The van der Waals surface area contributed by atoms with Crippen LogP contribution in [0.2, 0.25) is 0 Å². The van der Waals surface area contributed by atoms with Crippen LogP contribution in [-0.2, 0) is 10.3 Å². The molecule has 1 aromatic carbocycles. The molecule has 0 unspecified atom stereocenters. The van der Waals surface area contributed by atoms with E-state index < -0.39 is 17.5 Å². The number of nitrogens with one attached hydrogen (secondary N) is 3. The van der Waals surface area contributed by atoms with Gasteiger partial charge in [-0.05, 0) is 38.5 Å². The number of urea groups is 1. The maximum absolute atomic E-state index is 12.4. The minimum Gasteiger partial charge on any atom is -0.361 e. The first-order valence-corrected chi connectivity index (χ1v) is 7.29. The zero-order chi connectivity index (χ0) is 17.5. The Morgan fingerprint density at radius 2 is 2.04 bits per heavy atom. The van der Waals surface area contributed by atoms with Crippen molar-refractivity contribution < 1.29 is 18.9 Å². The van der Waals surface area contributed by atoms with Crippen LogP contribution in [0.25, 0.3) is 0 Å². The van der Waals surface area contributed by atoms with Gasteiger partial charge in [-0.15, -0.1) is 0 Å². The van der Waals surface area contributed by atoms with Crippen LogP contribution in [0.5, 0.6) is 0 Å². The Morgan fingerprint density at radius 1 is 1.29 bits per heavy atom. The Balaban J connectivity index is 1.88. The highest BCUT2D eigenvalue weighted by Gasteiger charge is 2.43. The van der Waals surface area contributed by atoms with E-state index in [0.717, 1.165) is 0 Å². The van der Waals surface area contributed by atoms with Crippen molar-refractivity contribution in [2.45, 2.75) is 26.3 Å². The summed E-state index contributed by atoms with van der Waals surface area (Å²) in [7, 11) is 0. The molecule has 0 saturated carbocycles. The summed E-state index contributed by atoms with van der Waals surface area (Å²) < 4.78 is 4.99. The van der Waals surface area contributed by atoms with Crippen molar-refractivity contribution in [3.63, 3.8) is 0 Å². The predicted octanol–water partition coefficient (Wildman–Crippen LogP) is 1.60. The molecule has 0 bridgehead atoms. The molecule has 124 valence electrons. The fourth-order valence-corrected chi connectivity index (χ4v) is 2.66. The lowest BCUT2D eigenvalue weighted by molar-refractivity contribution is -0.123. The van der Waals surface area contributed by atoms with E-state index >= 15 is 0 Å². The van der Waals surface area contributed by atoms with Gasteiger partial charge in [0.1, 0.15) is 16.9 Å². The minimum absolute atomic E-state index is 0.353. The molecule has 2 heterocycles. The van der Waals surface area contributed by atoms with Gasteiger partial charge >= 0.3 is 6.03 Å². The molecule has 8 nitrogen and oxygen atoms in total. The average Bonchev–Trinajstić information content (AvgIpc) is 2.99. The first kappa shape index (κ1) is 15.7. The molecule has 1 aromatic heterocycles. The largest absolute Gasteiger partial charge is 0.361 e. The number of benzene rings is 1. The third-order valence-electron chi connectivity index (χ3n) is 4.00. The topological polar surface area (TPSA) is 113 Å². The smallest absolute Gasteiger partial charge is 0.322 e. The lowest BCUT2D eigenvalue weighted by Crippen LogP contribution is -2.40. The van der Waals surface area contributed by atoms with Gasteiger partial charge in [-0.3, -0.25) is 14.9 Å². The zero-order valence-electron chi connectivity index (χ0n) is 13.4. The molecule has 1 fully saturated rings. The van der Waals surface area contributed by atoms with E-state index in [1.807, 2.05) is 0 Å². The first-order chi connectivity index (χ1) is 11.3. The fourth-order valence-electron chi connectivity index (χ4n) is 2.66. The lowest BCUT2D eigenvalue weighted by atomic mass is 9.92. The van der Waals surface area contributed by atoms with E-state index in [4.69, 9.17) is 4.52 Å². The SMILES string of the molecule is Cc1noc(C)c1C(=O)Nc1cccc([C@@]2(C)NC(=O)NC2=O)c1. The van der Waals surface area contributed by atoms with Crippen LogP contribution in [0.3, 0.4) is 0 Å². The highest BCUT2D eigenvalue weighted by Crippen LogP contribution is 2.27. The molecule has 8 heteroatoms. The molecule has 0 aliphatic carbocycles. The van der Waals surface area contributed by atoms with Crippen molar-refractivity contribution in [1.82, 2.24) is 15.8 Å². The second kappa shape index (κ2) is 5.48. The van der Waals surface area contributed by atoms with Gasteiger partial charge in [0.05, 0.1) is 5.69 Å². The second-order valence-electron chi connectivity index (χ2n) is 5.77. The van der Waals surface area contributed by atoms with Crippen LogP contribution in [0.15, 0.2) is 28.8 Å². The lowest BCUT2D eigenvalue weighted by Gasteiger charge is -2.21. The van der Waals surface area contributed by atoms with Crippen LogP contribution in [0.4, 0.5) is 10.5 Å². The standard InChI is InChI=1S/C16H16N4O4/c1-8-12(9(2)24-20-8)13(21)17-11-6-4-5-10(7-11)16(3)14(22)18-15(23)19-16/h4-7H,1-3H3,(H,17,21)(H2,18,19,22,23)/t16-/m1/s1. The molecule has 1 aliphatic heterocycles. The summed E-state index contributed by atoms with van der Waals surface area (Å²) >= 11 is 0. The van der Waals surface area contributed by atoms with Crippen molar-refractivity contribution in [3.8, 4) is 0 Å². The molecule has 0 radical (unpaired) electrons. The van der Waals surface area contributed by atoms with Gasteiger partial charge in [0.25, 0.3) is 11.8 Å². The molecule has 0 spiro atoms. The molecule has 1 atom stereocenters. The average molecular weight is 328 g/mol. The zero-order valence-corrected chi connectivity index (χ0v) is 13.4. The summed E-state index contributed by atoms with van der Waals surface area (Å²) in [5, 5.41) is 11.3. The van der Waals surface area contributed by atoms with Gasteiger partial charge in [-0.25, -0.2) is 4.79 Å². The van der Waals surface area contributed by atoms with Crippen LogP contribution in [0, 0.1) is 13.8 Å². The summed E-state index contributed by atoms with van der Waals surface area (Å²) in [6.45, 7) is 4.94. The number of aromatic nitrogens is 1. The van der Waals surface area contributed by atoms with Crippen molar-refractivity contribution >= 4 is 23.5 Å². The number of carbonyl (C=O) groups is 3. The van der Waals surface area contributed by atoms with E-state index in [0.29, 0.717) is 28.3 Å². The summed E-state index contributed by atoms with van der Waals surface area (Å²) in [6, 6.07) is 6.18. The van der Waals surface area contributed by atoms with Crippen molar-refractivity contribution in [1.29, 1.82) is 0 Å². The molecule has 1 saturated heterocycles. The van der Waals surface area contributed by atoms with Crippen LogP contribution >= 0.6 is 0 Å². The summed E-state index contributed by atoms with van der Waals surface area (Å²) in [6.07, 6.45) is 0. The van der Waals surface area contributed by atoms with Crippen molar-refractivity contribution in [3.05, 3.63) is 46.8 Å². The Labute approximate surface area is 137 Å². The van der Waals surface area contributed by atoms with Gasteiger partial charge < -0.3 is 15.2 Å². The fraction of sp³-hybridized carbons (Fsp3) is 0.250.